The number of hydrogen-bond donors (Lipinski definition) is 1. The van der Waals surface area contributed by atoms with Crippen LogP contribution in [-0.2, 0) is 26.2 Å². The first-order valence-electron chi connectivity index (χ1n) is 13.6. The summed E-state index contributed by atoms with van der Waals surface area (Å²) in [6.45, 7) is 12.0. The fourth-order valence-electron chi connectivity index (χ4n) is 5.81. The quantitative estimate of drug-likeness (QED) is 0.296. The largest absolute Gasteiger partial charge is 0.316 e. The van der Waals surface area contributed by atoms with Crippen LogP contribution in [0.5, 0.6) is 0 Å². The van der Waals surface area contributed by atoms with Crippen molar-refractivity contribution in [1.82, 2.24) is 19.4 Å². The second-order valence-corrected chi connectivity index (χ2v) is 14.5. The molecule has 1 aliphatic heterocycles. The first kappa shape index (κ1) is 27.0. The molecule has 5 rings (SSSR count). The topological polar surface area (TPSA) is 50.2 Å². The minimum atomic E-state index is -2.39. The Bertz CT molecular complexity index is 1370. The first-order valence-corrected chi connectivity index (χ1v) is 15.6. The molecule has 0 radical (unpaired) electrons. The molecule has 1 aromatic heterocycles. The molecule has 7 heteroatoms. The summed E-state index contributed by atoms with van der Waals surface area (Å²) in [5, 5.41) is 8.36. The van der Waals surface area contributed by atoms with Gasteiger partial charge in [0.05, 0.1) is 24.1 Å². The Hall–Kier alpha value is -2.61. The summed E-state index contributed by atoms with van der Waals surface area (Å²) in [6.07, 6.45) is 8.89. The van der Waals surface area contributed by atoms with Crippen molar-refractivity contribution in [2.75, 3.05) is 32.4 Å². The van der Waals surface area contributed by atoms with Crippen molar-refractivity contribution < 1.29 is 8.60 Å². The van der Waals surface area contributed by atoms with E-state index in [1.807, 2.05) is 17.1 Å². The number of rotatable bonds is 7. The van der Waals surface area contributed by atoms with Crippen molar-refractivity contribution in [3.63, 3.8) is 0 Å². The lowest BCUT2D eigenvalue weighted by Gasteiger charge is -2.45. The lowest BCUT2D eigenvalue weighted by Crippen LogP contribution is -2.54. The maximum atomic E-state index is 14.4. The predicted octanol–water partition coefficient (Wildman–Crippen LogP) is 6.04. The van der Waals surface area contributed by atoms with Crippen LogP contribution in [0.3, 0.4) is 0 Å². The van der Waals surface area contributed by atoms with E-state index in [2.05, 4.69) is 72.8 Å². The second kappa shape index (κ2) is 10.2. The number of nitrogens with zero attached hydrogens (tertiary/aromatic N) is 3. The third-order valence-corrected chi connectivity index (χ3v) is 10.6. The van der Waals surface area contributed by atoms with Gasteiger partial charge in [-0.3, -0.25) is 0 Å². The molecule has 5 nitrogen and oxygen atoms in total. The maximum Gasteiger partial charge on any atom is 0.187 e. The fraction of sp³-hybridized carbons (Fsp3) is 0.452. The average Bonchev–Trinajstić information content (AvgIpc) is 3.29. The molecule has 2 aliphatic rings. The molecular formula is C31H40FN4OS+. The highest BCUT2D eigenvalue weighted by Gasteiger charge is 2.49. The molecule has 2 heterocycles. The van der Waals surface area contributed by atoms with E-state index in [1.165, 1.54) is 28.8 Å². The summed E-state index contributed by atoms with van der Waals surface area (Å²) in [5.74, 6) is -0.252. The molecule has 1 fully saturated rings. The smallest absolute Gasteiger partial charge is 0.187 e. The van der Waals surface area contributed by atoms with Gasteiger partial charge in [-0.25, -0.2) is 9.07 Å². The van der Waals surface area contributed by atoms with Gasteiger partial charge < -0.3 is 5.32 Å². The zero-order chi connectivity index (χ0) is 27.1. The zero-order valence-corrected chi connectivity index (χ0v) is 24.1. The molecule has 0 saturated carbocycles. The van der Waals surface area contributed by atoms with Crippen molar-refractivity contribution in [3.05, 3.63) is 82.9 Å². The molecule has 1 saturated heterocycles. The number of halogens is 1. The summed E-state index contributed by atoms with van der Waals surface area (Å²) in [5.41, 5.74) is 5.64. The third-order valence-electron chi connectivity index (χ3n) is 8.13. The molecule has 38 heavy (non-hydrogen) atoms. The van der Waals surface area contributed by atoms with E-state index in [9.17, 15) is 8.60 Å². The number of hydrogen-bond acceptors (Lipinski definition) is 3. The van der Waals surface area contributed by atoms with E-state index in [0.29, 0.717) is 0 Å². The third kappa shape index (κ3) is 5.04. The van der Waals surface area contributed by atoms with Crippen LogP contribution in [0.15, 0.2) is 65.2 Å². The molecule has 2 aromatic carbocycles. The van der Waals surface area contributed by atoms with Crippen LogP contribution in [0.1, 0.15) is 57.4 Å². The molecule has 1 aliphatic carbocycles. The lowest BCUT2D eigenvalue weighted by atomic mass is 9.68. The molecule has 3 aromatic rings. The van der Waals surface area contributed by atoms with Crippen LogP contribution in [-0.4, -0.2) is 46.5 Å². The van der Waals surface area contributed by atoms with Crippen LogP contribution in [0.2, 0.25) is 0 Å². The molecule has 0 spiro atoms. The van der Waals surface area contributed by atoms with Gasteiger partial charge in [-0.1, -0.05) is 49.6 Å². The summed E-state index contributed by atoms with van der Waals surface area (Å²) < 4.78 is 32.0. The van der Waals surface area contributed by atoms with Crippen molar-refractivity contribution in [1.29, 1.82) is 0 Å². The highest BCUT2D eigenvalue weighted by Crippen LogP contribution is 2.45. The Labute approximate surface area is 227 Å². The summed E-state index contributed by atoms with van der Waals surface area (Å²) in [6, 6.07) is 14.9. The van der Waals surface area contributed by atoms with Gasteiger partial charge in [-0.05, 0) is 84.8 Å². The molecule has 1 N–H and O–H groups in total. The monoisotopic (exact) mass is 535 g/mol. The highest BCUT2D eigenvalue weighted by atomic mass is 32.3. The van der Waals surface area contributed by atoms with Crippen LogP contribution in [0, 0.1) is 11.2 Å². The Kier molecular flexibility index (Phi) is 7.22. The van der Waals surface area contributed by atoms with E-state index in [0.717, 1.165) is 61.7 Å². The second-order valence-electron chi connectivity index (χ2n) is 11.9. The molecule has 0 bridgehead atoms. The Morgan fingerprint density at radius 2 is 1.82 bits per heavy atom. The van der Waals surface area contributed by atoms with E-state index in [1.54, 1.807) is 12.1 Å². The van der Waals surface area contributed by atoms with Gasteiger partial charge in [0.2, 0.25) is 0 Å². The number of piperidine rings is 1. The van der Waals surface area contributed by atoms with Gasteiger partial charge in [-0.15, -0.1) is 4.31 Å². The average molecular weight is 536 g/mol. The Morgan fingerprint density at radius 3 is 2.47 bits per heavy atom. The van der Waals surface area contributed by atoms with Crippen molar-refractivity contribution in [2.24, 2.45) is 5.41 Å². The minimum absolute atomic E-state index is 0.0606. The first-order chi connectivity index (χ1) is 18.0. The zero-order valence-electron chi connectivity index (χ0n) is 23.3. The van der Waals surface area contributed by atoms with E-state index < -0.39 is 10.1 Å². The van der Waals surface area contributed by atoms with Crippen molar-refractivity contribution >= 4 is 16.2 Å². The number of nitrogens with one attached hydrogen (secondary N) is 1. The lowest BCUT2D eigenvalue weighted by molar-refractivity contribution is 0.207. The Morgan fingerprint density at radius 1 is 1.11 bits per heavy atom. The van der Waals surface area contributed by atoms with Crippen molar-refractivity contribution in [2.45, 2.75) is 57.3 Å². The molecule has 1 unspecified atom stereocenters. The van der Waals surface area contributed by atoms with Gasteiger partial charge >= 0.3 is 0 Å². The van der Waals surface area contributed by atoms with Crippen LogP contribution in [0.4, 0.5) is 4.39 Å². The Balaban J connectivity index is 1.47. The summed E-state index contributed by atoms with van der Waals surface area (Å²) >= 11 is 0. The molecule has 2 atom stereocenters. The fourth-order valence-corrected chi connectivity index (χ4v) is 7.69. The van der Waals surface area contributed by atoms with E-state index in [-0.39, 0.29) is 16.6 Å². The SMILES string of the molecule is CCCNC[C@]12Cc3cnn(-c4ccc(F)cc4)c3C=C1CCN([S+](C)(=O)c1ccc(C(C)(C)C)cc1)C2. The van der Waals surface area contributed by atoms with Crippen LogP contribution >= 0.6 is 0 Å². The predicted molar refractivity (Wildman–Crippen MR) is 154 cm³/mol. The summed E-state index contributed by atoms with van der Waals surface area (Å²) in [4.78, 5) is 0.898. The maximum absolute atomic E-state index is 14.4. The van der Waals surface area contributed by atoms with Gasteiger partial charge in [0.15, 0.2) is 15.0 Å². The molecule has 0 amide bonds. The number of fused-ring (bicyclic) bond motifs is 2. The highest BCUT2D eigenvalue weighted by molar-refractivity contribution is 8.00. The number of benzene rings is 2. The minimum Gasteiger partial charge on any atom is -0.316 e. The summed E-state index contributed by atoms with van der Waals surface area (Å²) in [7, 11) is -2.39. The molecular weight excluding hydrogens is 495 g/mol. The molecule has 202 valence electrons. The van der Waals surface area contributed by atoms with Gasteiger partial charge in [0.25, 0.3) is 0 Å². The van der Waals surface area contributed by atoms with E-state index >= 15 is 0 Å². The number of aromatic nitrogens is 2. The van der Waals surface area contributed by atoms with Crippen molar-refractivity contribution in [3.8, 4) is 5.69 Å². The van der Waals surface area contributed by atoms with Gasteiger partial charge in [0.1, 0.15) is 12.1 Å². The van der Waals surface area contributed by atoms with Gasteiger partial charge in [-0.2, -0.15) is 5.10 Å². The standard InChI is InChI=1S/C31H40FN4OS/c1-6-16-33-21-31-19-23-20-34-36(27-11-9-26(32)10-12-27)29(23)18-25(31)15-17-35(22-31)38(5,37)28-13-7-24(8-14-28)30(2,3)4/h7-14,18,20,33H,6,15-17,19,21-22H2,1-5H3/q+1/t31-,38?/m0/s1. The van der Waals surface area contributed by atoms with Crippen LogP contribution in [0.25, 0.3) is 11.8 Å². The van der Waals surface area contributed by atoms with Gasteiger partial charge in [0, 0.05) is 18.5 Å². The normalized spacial score (nSPS) is 21.4. The van der Waals surface area contributed by atoms with Crippen LogP contribution < -0.4 is 5.32 Å². The van der Waals surface area contributed by atoms with E-state index in [4.69, 9.17) is 0 Å².